The summed E-state index contributed by atoms with van der Waals surface area (Å²) in [6.45, 7) is 15.7. The van der Waals surface area contributed by atoms with Crippen LogP contribution >= 0.6 is 0 Å². The van der Waals surface area contributed by atoms with E-state index in [2.05, 4.69) is 5.32 Å². The summed E-state index contributed by atoms with van der Waals surface area (Å²) in [5, 5.41) is 15.4. The van der Waals surface area contributed by atoms with Gasteiger partial charge in [0.1, 0.15) is 23.8 Å². The fourth-order valence-electron chi connectivity index (χ4n) is 9.62. The SMILES string of the molecule is CCN[C@H]1C[C@@H](C)O[C@@H](O[C@@H]2[C@H](C)C(=O)[C@](C)(F)C(=O)O[C@H](CC)[C@@]3(C)OC(=O)N(CCCCn4ccc5cc(F)ccc54)C3[C@@H](C)C(=O)[C@H](C)C[C@@]2(C)OC)[C@H]1O. The molecule has 4 heterocycles. The monoisotopic (exact) mass is 819 g/mol. The topological polar surface area (TPSA) is 155 Å². The molecule has 0 saturated carbocycles. The number of nitrogens with one attached hydrogen (secondary N) is 1. The van der Waals surface area contributed by atoms with Gasteiger partial charge in [-0.3, -0.25) is 9.59 Å². The number of esters is 1. The number of likely N-dealkylation sites (N-methyl/N-ethyl adjacent to an activating group) is 1. The van der Waals surface area contributed by atoms with Crippen molar-refractivity contribution in [3.63, 3.8) is 0 Å². The number of rotatable bonds is 11. The summed E-state index contributed by atoms with van der Waals surface area (Å²) in [6.07, 6.45) is -2.47. The van der Waals surface area contributed by atoms with Crippen molar-refractivity contribution in [1.82, 2.24) is 14.8 Å². The van der Waals surface area contributed by atoms with Crippen LogP contribution in [0.15, 0.2) is 30.5 Å². The molecule has 13 atom stereocenters. The first kappa shape index (κ1) is 45.6. The molecule has 2 aromatic rings. The van der Waals surface area contributed by atoms with E-state index in [0.717, 1.165) is 17.8 Å². The maximum absolute atomic E-state index is 16.9. The normalized spacial score (nSPS) is 38.1. The summed E-state index contributed by atoms with van der Waals surface area (Å²) < 4.78 is 63.1. The van der Waals surface area contributed by atoms with Crippen molar-refractivity contribution in [2.24, 2.45) is 17.8 Å². The van der Waals surface area contributed by atoms with Gasteiger partial charge in [0, 0.05) is 61.1 Å². The van der Waals surface area contributed by atoms with Crippen LogP contribution in [0.5, 0.6) is 0 Å². The molecule has 15 heteroatoms. The number of fused-ring (bicyclic) bond motifs is 2. The Balaban J connectivity index is 1.48. The largest absolute Gasteiger partial charge is 0.455 e. The molecule has 3 fully saturated rings. The van der Waals surface area contributed by atoms with Crippen LogP contribution in [0, 0.1) is 23.6 Å². The predicted octanol–water partition coefficient (Wildman–Crippen LogP) is 5.90. The van der Waals surface area contributed by atoms with Crippen molar-refractivity contribution in [1.29, 1.82) is 0 Å². The minimum Gasteiger partial charge on any atom is -0.455 e. The Morgan fingerprint density at radius 1 is 1.00 bits per heavy atom. The van der Waals surface area contributed by atoms with Crippen LogP contribution in [-0.2, 0) is 44.6 Å². The maximum atomic E-state index is 16.9. The summed E-state index contributed by atoms with van der Waals surface area (Å²) in [7, 11) is 1.39. The number of aromatic nitrogens is 1. The summed E-state index contributed by atoms with van der Waals surface area (Å²) in [6, 6.07) is 5.09. The Morgan fingerprint density at radius 3 is 2.34 bits per heavy atom. The highest BCUT2D eigenvalue weighted by molar-refractivity contribution is 6.08. The Bertz CT molecular complexity index is 1810. The molecule has 0 aliphatic carbocycles. The quantitative estimate of drug-likeness (QED) is 0.158. The number of alkyl halides is 1. The van der Waals surface area contributed by atoms with E-state index >= 15 is 4.39 Å². The average Bonchev–Trinajstić information content (AvgIpc) is 3.69. The second kappa shape index (κ2) is 18.0. The number of nitrogens with zero attached hydrogens (tertiary/aromatic N) is 2. The third-order valence-corrected chi connectivity index (χ3v) is 12.8. The van der Waals surface area contributed by atoms with E-state index in [4.69, 9.17) is 23.7 Å². The van der Waals surface area contributed by atoms with Gasteiger partial charge in [0.15, 0.2) is 17.7 Å². The number of hydrogen-bond acceptors (Lipinski definition) is 11. The van der Waals surface area contributed by atoms with Gasteiger partial charge in [-0.25, -0.2) is 18.4 Å². The van der Waals surface area contributed by atoms with Crippen LogP contribution in [0.3, 0.4) is 0 Å². The smallest absolute Gasteiger partial charge is 0.410 e. The van der Waals surface area contributed by atoms with Crippen molar-refractivity contribution in [2.75, 3.05) is 20.2 Å². The number of ketones is 2. The number of aliphatic hydroxyl groups is 1. The van der Waals surface area contributed by atoms with Crippen molar-refractivity contribution in [3.8, 4) is 0 Å². The molecule has 3 aliphatic rings. The van der Waals surface area contributed by atoms with Gasteiger partial charge in [0.2, 0.25) is 0 Å². The molecule has 2 N–H and O–H groups in total. The molecule has 3 saturated heterocycles. The maximum Gasteiger partial charge on any atom is 0.410 e. The first-order chi connectivity index (χ1) is 27.2. The van der Waals surface area contributed by atoms with Crippen LogP contribution in [0.1, 0.15) is 94.4 Å². The summed E-state index contributed by atoms with van der Waals surface area (Å²) in [5.41, 5.74) is -5.37. The van der Waals surface area contributed by atoms with Gasteiger partial charge >= 0.3 is 12.1 Å². The van der Waals surface area contributed by atoms with Gasteiger partial charge in [-0.1, -0.05) is 34.6 Å². The zero-order chi connectivity index (χ0) is 42.9. The van der Waals surface area contributed by atoms with Gasteiger partial charge in [-0.05, 0) is 90.6 Å². The second-order valence-electron chi connectivity index (χ2n) is 17.1. The fourth-order valence-corrected chi connectivity index (χ4v) is 9.62. The lowest BCUT2D eigenvalue weighted by Crippen LogP contribution is -2.62. The molecule has 0 radical (unpaired) electrons. The van der Waals surface area contributed by atoms with E-state index in [1.54, 1.807) is 40.7 Å². The summed E-state index contributed by atoms with van der Waals surface area (Å²) >= 11 is 0. The second-order valence-corrected chi connectivity index (χ2v) is 17.1. The highest BCUT2D eigenvalue weighted by Crippen LogP contribution is 2.43. The molecule has 13 nitrogen and oxygen atoms in total. The van der Waals surface area contributed by atoms with E-state index in [9.17, 15) is 28.7 Å². The number of Topliss-reactive ketones (excluding diaryl/α,β-unsaturated/α-hetero) is 2. The number of methoxy groups -OCH3 is 1. The fraction of sp³-hybridized carbons (Fsp3) is 0.721. The number of ether oxygens (including phenoxy) is 5. The van der Waals surface area contributed by atoms with Crippen molar-refractivity contribution in [2.45, 2.75) is 161 Å². The van der Waals surface area contributed by atoms with E-state index in [1.807, 2.05) is 30.7 Å². The number of amides is 1. The third kappa shape index (κ3) is 8.84. The predicted molar refractivity (Wildman–Crippen MR) is 211 cm³/mol. The van der Waals surface area contributed by atoms with Gasteiger partial charge in [0.05, 0.1) is 23.9 Å². The molecule has 0 spiro atoms. The summed E-state index contributed by atoms with van der Waals surface area (Å²) in [5.74, 6) is -6.18. The van der Waals surface area contributed by atoms with Gasteiger partial charge in [-0.15, -0.1) is 0 Å². The zero-order valence-electron chi connectivity index (χ0n) is 35.6. The standard InChI is InChI=1S/C43H63F2N3O10/c1-11-32-43(9)35(48(40(53)58-43)19-14-13-18-47-20-17-28-22-29(44)15-16-31(28)47)26(5)33(49)24(3)23-41(7,54-10)37(27(6)36(51)42(8,45)39(52)56-32)57-38-34(50)30(46-12-2)21-25(4)55-38/h15-17,20,22,24-27,30,32,34-35,37-38,46,50H,11-14,18-19,21,23H2,1-10H3/t24-,25-,26+,27-,30+,32-,34+,35?,37-,38+,41-,42+,43-/m1/s1. The minimum atomic E-state index is -3.19. The number of hydrogen-bond donors (Lipinski definition) is 2. The molecule has 58 heavy (non-hydrogen) atoms. The van der Waals surface area contributed by atoms with Gasteiger partial charge in [-0.2, -0.15) is 0 Å². The Kier molecular flexibility index (Phi) is 14.1. The van der Waals surface area contributed by atoms with Crippen molar-refractivity contribution < 1.29 is 56.7 Å². The Morgan fingerprint density at radius 2 is 1.69 bits per heavy atom. The zero-order valence-corrected chi connectivity index (χ0v) is 35.6. The van der Waals surface area contributed by atoms with Gasteiger partial charge < -0.3 is 43.6 Å². The number of carbonyl (C=O) groups is 4. The van der Waals surface area contributed by atoms with Crippen LogP contribution in [0.2, 0.25) is 0 Å². The highest BCUT2D eigenvalue weighted by atomic mass is 19.1. The number of aryl methyl sites for hydroxylation is 1. The van der Waals surface area contributed by atoms with E-state index < -0.39 is 89.2 Å². The first-order valence-corrected chi connectivity index (χ1v) is 20.7. The molecule has 3 aliphatic heterocycles. The van der Waals surface area contributed by atoms with E-state index in [0.29, 0.717) is 32.4 Å². The number of benzene rings is 1. The van der Waals surface area contributed by atoms with E-state index in [-0.39, 0.29) is 37.1 Å². The molecular formula is C43H63F2N3O10. The first-order valence-electron chi connectivity index (χ1n) is 20.7. The lowest BCUT2D eigenvalue weighted by atomic mass is 9.73. The van der Waals surface area contributed by atoms with Crippen molar-refractivity contribution >= 4 is 34.5 Å². The number of carbonyl (C=O) groups excluding carboxylic acids is 4. The lowest BCUT2D eigenvalue weighted by molar-refractivity contribution is -0.290. The minimum absolute atomic E-state index is 0.0123. The molecule has 1 amide bonds. The summed E-state index contributed by atoms with van der Waals surface area (Å²) in [4.78, 5) is 58.1. The number of unbranched alkanes of at least 4 members (excludes halogenated alkanes) is 1. The number of aliphatic hydroxyl groups excluding tert-OH is 1. The molecular weight excluding hydrogens is 756 g/mol. The number of halogens is 2. The number of cyclic esters (lactones) is 1. The van der Waals surface area contributed by atoms with Crippen LogP contribution in [-0.4, -0.2) is 118 Å². The van der Waals surface area contributed by atoms with Crippen LogP contribution in [0.4, 0.5) is 13.6 Å². The average molecular weight is 820 g/mol. The molecule has 1 aromatic carbocycles. The van der Waals surface area contributed by atoms with Crippen LogP contribution in [0.25, 0.3) is 10.9 Å². The molecule has 1 unspecified atom stereocenters. The van der Waals surface area contributed by atoms with Crippen LogP contribution < -0.4 is 5.32 Å². The third-order valence-electron chi connectivity index (χ3n) is 12.8. The Labute approximate surface area is 340 Å². The van der Waals surface area contributed by atoms with Crippen molar-refractivity contribution in [3.05, 3.63) is 36.3 Å². The molecule has 1 aromatic heterocycles. The van der Waals surface area contributed by atoms with Gasteiger partial charge in [0.25, 0.3) is 5.67 Å². The lowest BCUT2D eigenvalue weighted by Gasteiger charge is -2.46. The Hall–Kier alpha value is -3.50. The van der Waals surface area contributed by atoms with E-state index in [1.165, 1.54) is 31.1 Å². The molecule has 324 valence electrons. The molecule has 0 bridgehead atoms. The highest BCUT2D eigenvalue weighted by Gasteiger charge is 2.61. The molecule has 5 rings (SSSR count).